The molecule has 0 saturated heterocycles. The van der Waals surface area contributed by atoms with E-state index in [4.69, 9.17) is 0 Å². The molecule has 32 heavy (non-hydrogen) atoms. The van der Waals surface area contributed by atoms with E-state index in [1.807, 2.05) is 30.3 Å². The molecular weight excluding hydrogens is 424 g/mol. The zero-order chi connectivity index (χ0) is 22.5. The highest BCUT2D eigenvalue weighted by Gasteiger charge is 2.16. The van der Waals surface area contributed by atoms with E-state index >= 15 is 0 Å². The molecule has 0 fully saturated rings. The molecule has 0 saturated carbocycles. The second kappa shape index (κ2) is 9.45. The fourth-order valence-corrected chi connectivity index (χ4v) is 4.36. The molecule has 1 N–H and O–H groups in total. The third kappa shape index (κ3) is 4.38. The molecule has 0 aliphatic carbocycles. The number of amides is 1. The number of carbonyl (C=O) groups is 1. The molecule has 160 valence electrons. The van der Waals surface area contributed by atoms with Gasteiger partial charge in [-0.2, -0.15) is 5.26 Å². The van der Waals surface area contributed by atoms with Crippen LogP contribution in [0.5, 0.6) is 0 Å². The smallest absolute Gasteiger partial charge is 0.331 e. The van der Waals surface area contributed by atoms with Crippen molar-refractivity contribution in [3.05, 3.63) is 104 Å². The maximum atomic E-state index is 13.2. The first-order valence-electron chi connectivity index (χ1n) is 10.1. The average molecular weight is 445 g/mol. The van der Waals surface area contributed by atoms with E-state index in [1.54, 1.807) is 35.7 Å². The van der Waals surface area contributed by atoms with Crippen LogP contribution in [0.3, 0.4) is 0 Å². The summed E-state index contributed by atoms with van der Waals surface area (Å²) in [6.07, 6.45) is 0.00758. The number of aromatic nitrogens is 2. The number of hydrogen-bond donors (Lipinski definition) is 1. The van der Waals surface area contributed by atoms with Crippen molar-refractivity contribution in [1.29, 1.82) is 5.26 Å². The summed E-state index contributed by atoms with van der Waals surface area (Å²) < 4.78 is 3.05. The minimum Gasteiger partial charge on any atom is -0.352 e. The van der Waals surface area contributed by atoms with E-state index in [1.165, 1.54) is 15.9 Å². The lowest BCUT2D eigenvalue weighted by molar-refractivity contribution is -0.121. The van der Waals surface area contributed by atoms with Gasteiger partial charge >= 0.3 is 5.69 Å². The summed E-state index contributed by atoms with van der Waals surface area (Å²) in [6.45, 7) is 0.524. The van der Waals surface area contributed by atoms with Gasteiger partial charge in [-0.1, -0.05) is 48.5 Å². The molecule has 0 radical (unpaired) electrons. The fraction of sp³-hybridized carbons (Fsp3) is 0.167. The topological polar surface area (TPSA) is 96.9 Å². The Morgan fingerprint density at radius 3 is 2.53 bits per heavy atom. The van der Waals surface area contributed by atoms with Crippen LogP contribution in [0.4, 0.5) is 0 Å². The Morgan fingerprint density at radius 1 is 1.00 bits per heavy atom. The first kappa shape index (κ1) is 21.3. The first-order chi connectivity index (χ1) is 15.6. The number of benzene rings is 2. The van der Waals surface area contributed by atoms with Gasteiger partial charge in [-0.15, -0.1) is 11.3 Å². The second-order valence-corrected chi connectivity index (χ2v) is 8.16. The number of thiophene rings is 1. The third-order valence-corrected chi connectivity index (χ3v) is 6.09. The van der Waals surface area contributed by atoms with Gasteiger partial charge in [0.25, 0.3) is 5.56 Å². The summed E-state index contributed by atoms with van der Waals surface area (Å²) in [5.74, 6) is -0.243. The Morgan fingerprint density at radius 2 is 1.75 bits per heavy atom. The molecule has 4 aromatic rings. The number of hydrogen-bond acceptors (Lipinski definition) is 5. The quantitative estimate of drug-likeness (QED) is 0.474. The molecule has 2 aromatic carbocycles. The highest BCUT2D eigenvalue weighted by molar-refractivity contribution is 7.17. The van der Waals surface area contributed by atoms with Crippen LogP contribution in [0.25, 0.3) is 10.2 Å². The van der Waals surface area contributed by atoms with Gasteiger partial charge in [-0.3, -0.25) is 18.7 Å². The fourth-order valence-electron chi connectivity index (χ4n) is 3.52. The second-order valence-electron chi connectivity index (χ2n) is 7.24. The van der Waals surface area contributed by atoms with Crippen molar-refractivity contribution in [1.82, 2.24) is 14.5 Å². The van der Waals surface area contributed by atoms with Crippen molar-refractivity contribution < 1.29 is 4.79 Å². The summed E-state index contributed by atoms with van der Waals surface area (Å²) in [5, 5.41) is 14.0. The highest BCUT2D eigenvalue weighted by atomic mass is 32.1. The number of nitriles is 1. The van der Waals surface area contributed by atoms with Gasteiger partial charge in [-0.25, -0.2) is 4.79 Å². The van der Waals surface area contributed by atoms with Crippen molar-refractivity contribution in [2.24, 2.45) is 0 Å². The Kier molecular flexibility index (Phi) is 6.29. The SMILES string of the molecule is N#Cc1ccccc1Cn1c(=O)n(CCC(=O)NCc2ccccc2)c(=O)c2sccc21. The summed E-state index contributed by atoms with van der Waals surface area (Å²) in [6, 6.07) is 20.4. The molecule has 0 aliphatic heterocycles. The third-order valence-electron chi connectivity index (χ3n) is 5.20. The number of nitrogens with zero attached hydrogens (tertiary/aromatic N) is 3. The Balaban J connectivity index is 1.59. The Hall–Kier alpha value is -3.96. The van der Waals surface area contributed by atoms with E-state index in [0.717, 1.165) is 10.1 Å². The molecule has 4 rings (SSSR count). The zero-order valence-corrected chi connectivity index (χ0v) is 18.0. The molecular formula is C24H20N4O3S. The largest absolute Gasteiger partial charge is 0.352 e. The van der Waals surface area contributed by atoms with Crippen molar-refractivity contribution in [2.75, 3.05) is 0 Å². The molecule has 8 heteroatoms. The molecule has 1 amide bonds. The van der Waals surface area contributed by atoms with Crippen molar-refractivity contribution in [3.8, 4) is 6.07 Å². The van der Waals surface area contributed by atoms with Crippen LogP contribution < -0.4 is 16.6 Å². The molecule has 2 aromatic heterocycles. The maximum Gasteiger partial charge on any atom is 0.331 e. The maximum absolute atomic E-state index is 13.2. The lowest BCUT2D eigenvalue weighted by atomic mass is 10.1. The van der Waals surface area contributed by atoms with Crippen LogP contribution in [-0.4, -0.2) is 15.0 Å². The molecule has 0 unspecified atom stereocenters. The van der Waals surface area contributed by atoms with Crippen molar-refractivity contribution in [3.63, 3.8) is 0 Å². The zero-order valence-electron chi connectivity index (χ0n) is 17.2. The number of fused-ring (bicyclic) bond motifs is 1. The first-order valence-corrected chi connectivity index (χ1v) is 11.0. The normalized spacial score (nSPS) is 10.7. The summed E-state index contributed by atoms with van der Waals surface area (Å²) >= 11 is 1.25. The van der Waals surface area contributed by atoms with Gasteiger partial charge in [0.1, 0.15) is 4.70 Å². The molecule has 0 bridgehead atoms. The van der Waals surface area contributed by atoms with Gasteiger partial charge in [0, 0.05) is 19.5 Å². The molecule has 2 heterocycles. The summed E-state index contributed by atoms with van der Waals surface area (Å²) in [4.78, 5) is 38.4. The van der Waals surface area contributed by atoms with E-state index < -0.39 is 11.2 Å². The molecule has 7 nitrogen and oxygen atoms in total. The molecule has 0 aliphatic rings. The van der Waals surface area contributed by atoms with Crippen LogP contribution in [0, 0.1) is 11.3 Å². The van der Waals surface area contributed by atoms with Crippen LogP contribution in [0.2, 0.25) is 0 Å². The lowest BCUT2D eigenvalue weighted by Crippen LogP contribution is -2.41. The van der Waals surface area contributed by atoms with E-state index in [-0.39, 0.29) is 25.4 Å². The van der Waals surface area contributed by atoms with Crippen molar-refractivity contribution >= 4 is 27.5 Å². The predicted molar refractivity (Wildman–Crippen MR) is 124 cm³/mol. The average Bonchev–Trinajstić information content (AvgIpc) is 3.31. The monoisotopic (exact) mass is 444 g/mol. The Labute approximate surface area is 187 Å². The number of rotatable bonds is 7. The Bertz CT molecular complexity index is 1430. The molecule has 0 spiro atoms. The van der Waals surface area contributed by atoms with Crippen LogP contribution in [0.1, 0.15) is 23.1 Å². The standard InChI is InChI=1S/C24H20N4O3S/c25-14-18-8-4-5-9-19(18)16-28-20-11-13-32-22(20)23(30)27(24(28)31)12-10-21(29)26-15-17-6-2-1-3-7-17/h1-9,11,13H,10,12,15-16H2,(H,26,29). The van der Waals surface area contributed by atoms with Crippen molar-refractivity contribution in [2.45, 2.75) is 26.1 Å². The van der Waals surface area contributed by atoms with Crippen LogP contribution >= 0.6 is 11.3 Å². The van der Waals surface area contributed by atoms with E-state index in [2.05, 4.69) is 11.4 Å². The lowest BCUT2D eigenvalue weighted by Gasteiger charge is -2.13. The van der Waals surface area contributed by atoms with Gasteiger partial charge in [0.15, 0.2) is 0 Å². The predicted octanol–water partition coefficient (Wildman–Crippen LogP) is 2.85. The van der Waals surface area contributed by atoms with Gasteiger partial charge in [0.2, 0.25) is 5.91 Å². The number of carbonyl (C=O) groups excluding carboxylic acids is 1. The van der Waals surface area contributed by atoms with E-state index in [0.29, 0.717) is 27.9 Å². The molecule has 0 atom stereocenters. The minimum absolute atomic E-state index is 0.00758. The minimum atomic E-state index is -0.496. The van der Waals surface area contributed by atoms with E-state index in [9.17, 15) is 19.6 Å². The van der Waals surface area contributed by atoms with Gasteiger partial charge in [0.05, 0.1) is 23.7 Å². The van der Waals surface area contributed by atoms with Gasteiger partial charge in [-0.05, 0) is 28.6 Å². The van der Waals surface area contributed by atoms with Crippen LogP contribution in [0.15, 0.2) is 75.6 Å². The summed E-state index contributed by atoms with van der Waals surface area (Å²) in [5.41, 5.74) is 1.76. The number of nitrogens with one attached hydrogen (secondary N) is 1. The van der Waals surface area contributed by atoms with Gasteiger partial charge < -0.3 is 5.32 Å². The highest BCUT2D eigenvalue weighted by Crippen LogP contribution is 2.17. The summed E-state index contributed by atoms with van der Waals surface area (Å²) in [7, 11) is 0. The van der Waals surface area contributed by atoms with Crippen LogP contribution in [-0.2, 0) is 24.4 Å².